The molecule has 1 aliphatic carbocycles. The molecule has 0 bridgehead atoms. The fourth-order valence-electron chi connectivity index (χ4n) is 2.11. The molecule has 98 valence electrons. The molecule has 18 heavy (non-hydrogen) atoms. The van der Waals surface area contributed by atoms with Crippen molar-refractivity contribution in [3.05, 3.63) is 12.2 Å². The van der Waals surface area contributed by atoms with Crippen molar-refractivity contribution >= 4 is 75.3 Å². The molecule has 0 radical (unpaired) electrons. The number of thiocarbonyl (C=S) groups is 1. The summed E-state index contributed by atoms with van der Waals surface area (Å²) in [5.41, 5.74) is 0. The Morgan fingerprint density at radius 1 is 1.33 bits per heavy atom. The van der Waals surface area contributed by atoms with Crippen LogP contribution in [0.15, 0.2) is 12.2 Å². The van der Waals surface area contributed by atoms with Crippen molar-refractivity contribution in [2.75, 3.05) is 0 Å². The number of rotatable bonds is 2. The Kier molecular flexibility index (Phi) is 3.96. The number of hydrogen-bond acceptors (Lipinski definition) is 3. The fourth-order valence-corrected chi connectivity index (χ4v) is 3.00. The second-order valence-corrected chi connectivity index (χ2v) is 6.94. The highest BCUT2D eigenvalue weighted by atomic mass is 35.5. The van der Waals surface area contributed by atoms with E-state index < -0.39 is 32.9 Å². The molecule has 0 saturated carbocycles. The Bertz CT molecular complexity index is 463. The van der Waals surface area contributed by atoms with E-state index in [9.17, 15) is 9.59 Å². The lowest BCUT2D eigenvalue weighted by Crippen LogP contribution is -2.48. The summed E-state index contributed by atoms with van der Waals surface area (Å²) in [6, 6.07) is 0. The van der Waals surface area contributed by atoms with Gasteiger partial charge in [-0.15, -0.1) is 0 Å². The lowest BCUT2D eigenvalue weighted by atomic mass is 9.85. The molecule has 1 heterocycles. The largest absolute Gasteiger partial charge is 0.274 e. The van der Waals surface area contributed by atoms with Crippen LogP contribution >= 0.6 is 58.6 Å². The summed E-state index contributed by atoms with van der Waals surface area (Å²) >= 11 is 28.1. The maximum atomic E-state index is 12.2. The normalized spacial score (nSPS) is 28.3. The van der Waals surface area contributed by atoms with Gasteiger partial charge in [0.2, 0.25) is 16.3 Å². The zero-order valence-electron chi connectivity index (χ0n) is 8.78. The SMILES string of the molecule is O=C1C2CC=CC(=S)C2C(=O)N1C(Cl)(Cl)C(Cl)Cl. The minimum Gasteiger partial charge on any atom is -0.274 e. The third-order valence-electron chi connectivity index (χ3n) is 2.97. The molecule has 1 aliphatic heterocycles. The lowest BCUT2D eigenvalue weighted by molar-refractivity contribution is -0.141. The first-order valence-corrected chi connectivity index (χ1v) is 7.06. The van der Waals surface area contributed by atoms with E-state index in [4.69, 9.17) is 58.6 Å². The van der Waals surface area contributed by atoms with Crippen LogP contribution in [0.4, 0.5) is 0 Å². The van der Waals surface area contributed by atoms with Gasteiger partial charge in [0.15, 0.2) is 4.84 Å². The van der Waals surface area contributed by atoms with Gasteiger partial charge < -0.3 is 0 Å². The number of carbonyl (C=O) groups is 2. The molecule has 0 aromatic carbocycles. The van der Waals surface area contributed by atoms with E-state index in [0.29, 0.717) is 11.3 Å². The Morgan fingerprint density at radius 2 is 1.94 bits per heavy atom. The first-order valence-electron chi connectivity index (χ1n) is 5.02. The maximum absolute atomic E-state index is 12.2. The Hall–Kier alpha value is 0.130. The number of alkyl halides is 4. The molecule has 2 unspecified atom stereocenters. The first kappa shape index (κ1) is 14.5. The summed E-state index contributed by atoms with van der Waals surface area (Å²) in [4.78, 5) is 24.2. The van der Waals surface area contributed by atoms with Gasteiger partial charge in [0.05, 0.1) is 11.8 Å². The smallest absolute Gasteiger partial charge is 0.240 e. The van der Waals surface area contributed by atoms with Crippen molar-refractivity contribution in [2.45, 2.75) is 15.7 Å². The van der Waals surface area contributed by atoms with E-state index >= 15 is 0 Å². The average molecular weight is 347 g/mol. The lowest BCUT2D eigenvalue weighted by Gasteiger charge is -2.30. The summed E-state index contributed by atoms with van der Waals surface area (Å²) in [5, 5.41) is 0. The van der Waals surface area contributed by atoms with Crippen LogP contribution < -0.4 is 0 Å². The van der Waals surface area contributed by atoms with Gasteiger partial charge in [-0.3, -0.25) is 9.59 Å². The van der Waals surface area contributed by atoms with E-state index in [1.807, 2.05) is 0 Å². The van der Waals surface area contributed by atoms with Crippen LogP contribution in [0.3, 0.4) is 0 Å². The third kappa shape index (κ3) is 2.08. The highest BCUT2D eigenvalue weighted by molar-refractivity contribution is 7.80. The molecule has 1 saturated heterocycles. The molecule has 0 N–H and O–H groups in total. The summed E-state index contributed by atoms with van der Waals surface area (Å²) in [7, 11) is 0. The molecule has 2 aliphatic rings. The zero-order chi connectivity index (χ0) is 13.7. The molecule has 0 aromatic rings. The second kappa shape index (κ2) is 4.91. The van der Waals surface area contributed by atoms with Crippen molar-refractivity contribution in [1.29, 1.82) is 0 Å². The number of likely N-dealkylation sites (tertiary alicyclic amines) is 1. The third-order valence-corrected chi connectivity index (χ3v) is 5.21. The van der Waals surface area contributed by atoms with Crippen LogP contribution in [0.2, 0.25) is 0 Å². The quantitative estimate of drug-likeness (QED) is 0.334. The monoisotopic (exact) mass is 345 g/mol. The van der Waals surface area contributed by atoms with Crippen molar-refractivity contribution in [2.24, 2.45) is 11.8 Å². The summed E-state index contributed by atoms with van der Waals surface area (Å²) < 4.78 is -1.98. The Labute approximate surface area is 129 Å². The van der Waals surface area contributed by atoms with E-state index in [2.05, 4.69) is 0 Å². The standard InChI is InChI=1S/C10H7Cl4NO2S/c11-9(12)10(13,14)15-7(16)4-2-1-3-5(18)6(4)8(15)17/h1,3-4,6,9H,2H2. The summed E-state index contributed by atoms with van der Waals surface area (Å²) in [5.74, 6) is -2.29. The first-order chi connectivity index (χ1) is 8.28. The Balaban J connectivity index is 2.40. The predicted molar refractivity (Wildman–Crippen MR) is 75.1 cm³/mol. The summed E-state index contributed by atoms with van der Waals surface area (Å²) in [6.07, 6.45) is 3.82. The Morgan fingerprint density at radius 3 is 2.44 bits per heavy atom. The van der Waals surface area contributed by atoms with Crippen LogP contribution in [0.1, 0.15) is 6.42 Å². The second-order valence-electron chi connectivity index (χ2n) is 4.02. The topological polar surface area (TPSA) is 37.4 Å². The highest BCUT2D eigenvalue weighted by Gasteiger charge is 2.57. The number of hydrogen-bond donors (Lipinski definition) is 0. The van der Waals surface area contributed by atoms with Crippen LogP contribution in [0, 0.1) is 11.8 Å². The van der Waals surface area contributed by atoms with Crippen molar-refractivity contribution < 1.29 is 9.59 Å². The number of imide groups is 1. The van der Waals surface area contributed by atoms with E-state index in [-0.39, 0.29) is 0 Å². The van der Waals surface area contributed by atoms with Gasteiger partial charge in [-0.05, 0) is 6.42 Å². The zero-order valence-corrected chi connectivity index (χ0v) is 12.6. The maximum Gasteiger partial charge on any atom is 0.240 e. The van der Waals surface area contributed by atoms with Gasteiger partial charge in [0.1, 0.15) is 0 Å². The van der Waals surface area contributed by atoms with Gasteiger partial charge in [0, 0.05) is 4.86 Å². The number of fused-ring (bicyclic) bond motifs is 1. The number of halogens is 4. The minimum atomic E-state index is -1.98. The molecular weight excluding hydrogens is 340 g/mol. The van der Waals surface area contributed by atoms with Gasteiger partial charge in [0.25, 0.3) is 0 Å². The van der Waals surface area contributed by atoms with Crippen molar-refractivity contribution in [3.8, 4) is 0 Å². The summed E-state index contributed by atoms with van der Waals surface area (Å²) in [6.45, 7) is 0. The fraction of sp³-hybridized carbons (Fsp3) is 0.500. The molecular formula is C10H7Cl4NO2S. The van der Waals surface area contributed by atoms with Crippen LogP contribution in [0.5, 0.6) is 0 Å². The molecule has 0 spiro atoms. The number of carbonyl (C=O) groups excluding carboxylic acids is 2. The minimum absolute atomic E-state index is 0.400. The van der Waals surface area contributed by atoms with Crippen LogP contribution in [-0.4, -0.2) is 30.9 Å². The average Bonchev–Trinajstić information content (AvgIpc) is 2.52. The number of allylic oxidation sites excluding steroid dienone is 2. The van der Waals surface area contributed by atoms with E-state index in [0.717, 1.165) is 4.90 Å². The molecule has 1 fully saturated rings. The van der Waals surface area contributed by atoms with E-state index in [1.165, 1.54) is 0 Å². The van der Waals surface area contributed by atoms with Gasteiger partial charge in [-0.1, -0.05) is 70.8 Å². The van der Waals surface area contributed by atoms with Crippen LogP contribution in [0.25, 0.3) is 0 Å². The molecule has 3 nitrogen and oxygen atoms in total. The highest BCUT2D eigenvalue weighted by Crippen LogP contribution is 2.44. The number of nitrogens with zero attached hydrogens (tertiary/aromatic N) is 1. The van der Waals surface area contributed by atoms with E-state index in [1.54, 1.807) is 12.2 Å². The molecule has 2 rings (SSSR count). The van der Waals surface area contributed by atoms with Gasteiger partial charge >= 0.3 is 0 Å². The van der Waals surface area contributed by atoms with Gasteiger partial charge in [-0.25, -0.2) is 4.90 Å². The molecule has 0 aromatic heterocycles. The van der Waals surface area contributed by atoms with Crippen LogP contribution in [-0.2, 0) is 9.59 Å². The molecule has 8 heteroatoms. The molecule has 2 atom stereocenters. The van der Waals surface area contributed by atoms with Crippen molar-refractivity contribution in [1.82, 2.24) is 4.90 Å². The van der Waals surface area contributed by atoms with Gasteiger partial charge in [-0.2, -0.15) is 0 Å². The number of amides is 2. The predicted octanol–water partition coefficient (Wildman–Crippen LogP) is 2.85. The van der Waals surface area contributed by atoms with Crippen molar-refractivity contribution in [3.63, 3.8) is 0 Å². The molecule has 2 amide bonds.